The van der Waals surface area contributed by atoms with E-state index in [1.54, 1.807) is 6.92 Å². The number of hydrogen-bond acceptors (Lipinski definition) is 5. The van der Waals surface area contributed by atoms with E-state index < -0.39 is 21.7 Å². The number of phenols is 1. The fraction of sp³-hybridized carbons (Fsp3) is 0.300. The van der Waals surface area contributed by atoms with E-state index in [-0.39, 0.29) is 18.0 Å². The number of ether oxygens (including phenoxy) is 1. The van der Waals surface area contributed by atoms with E-state index in [4.69, 9.17) is 5.11 Å². The van der Waals surface area contributed by atoms with Gasteiger partial charge in [-0.1, -0.05) is 6.07 Å². The molecule has 0 aliphatic heterocycles. The Kier molecular flexibility index (Phi) is 4.33. The lowest BCUT2D eigenvalue weighted by Gasteiger charge is -2.07. The number of sulfonamides is 1. The molecule has 0 spiro atoms. The van der Waals surface area contributed by atoms with Crippen LogP contribution in [0.2, 0.25) is 0 Å². The molecular formula is C10H13NO5S. The number of anilines is 1. The molecule has 1 aromatic carbocycles. The maximum Gasteiger partial charge on any atom is 0.323 e. The van der Waals surface area contributed by atoms with E-state index >= 15 is 0 Å². The first-order valence-electron chi connectivity index (χ1n) is 4.88. The van der Waals surface area contributed by atoms with Gasteiger partial charge in [-0.05, 0) is 19.1 Å². The molecule has 0 heterocycles. The van der Waals surface area contributed by atoms with Crippen LogP contribution in [0.25, 0.3) is 0 Å². The number of nitrogens with one attached hydrogen (secondary N) is 1. The van der Waals surface area contributed by atoms with E-state index in [9.17, 15) is 13.2 Å². The van der Waals surface area contributed by atoms with Crippen LogP contribution in [0, 0.1) is 0 Å². The second kappa shape index (κ2) is 5.53. The van der Waals surface area contributed by atoms with Crippen molar-refractivity contribution in [2.45, 2.75) is 6.92 Å². The summed E-state index contributed by atoms with van der Waals surface area (Å²) in [6.07, 6.45) is 0. The van der Waals surface area contributed by atoms with E-state index in [1.165, 1.54) is 24.3 Å². The van der Waals surface area contributed by atoms with Crippen molar-refractivity contribution in [3.63, 3.8) is 0 Å². The van der Waals surface area contributed by atoms with E-state index in [0.29, 0.717) is 0 Å². The third-order valence-electron chi connectivity index (χ3n) is 1.73. The lowest BCUT2D eigenvalue weighted by molar-refractivity contribution is -0.139. The summed E-state index contributed by atoms with van der Waals surface area (Å²) in [5, 5.41) is 9.15. The smallest absolute Gasteiger partial charge is 0.323 e. The second-order valence-electron chi connectivity index (χ2n) is 3.22. The number of aromatic hydroxyl groups is 1. The fourth-order valence-corrected chi connectivity index (χ4v) is 2.09. The van der Waals surface area contributed by atoms with Gasteiger partial charge < -0.3 is 9.84 Å². The zero-order valence-electron chi connectivity index (χ0n) is 9.21. The van der Waals surface area contributed by atoms with Crippen molar-refractivity contribution in [3.8, 4) is 5.75 Å². The monoisotopic (exact) mass is 259 g/mol. The van der Waals surface area contributed by atoms with Gasteiger partial charge in [0, 0.05) is 6.07 Å². The van der Waals surface area contributed by atoms with Gasteiger partial charge in [0.1, 0.15) is 5.75 Å². The minimum Gasteiger partial charge on any atom is -0.508 e. The fourth-order valence-electron chi connectivity index (χ4n) is 1.14. The van der Waals surface area contributed by atoms with Crippen LogP contribution >= 0.6 is 0 Å². The van der Waals surface area contributed by atoms with Crippen LogP contribution < -0.4 is 4.72 Å². The van der Waals surface area contributed by atoms with Gasteiger partial charge >= 0.3 is 5.97 Å². The van der Waals surface area contributed by atoms with E-state index in [0.717, 1.165) is 0 Å². The zero-order valence-corrected chi connectivity index (χ0v) is 10.0. The van der Waals surface area contributed by atoms with Crippen molar-refractivity contribution in [2.24, 2.45) is 0 Å². The highest BCUT2D eigenvalue weighted by Crippen LogP contribution is 2.16. The number of rotatable bonds is 5. The van der Waals surface area contributed by atoms with Crippen molar-refractivity contribution >= 4 is 21.7 Å². The van der Waals surface area contributed by atoms with Crippen molar-refractivity contribution < 1.29 is 23.1 Å². The quantitative estimate of drug-likeness (QED) is 0.759. The van der Waals surface area contributed by atoms with Gasteiger partial charge in [-0.3, -0.25) is 9.52 Å². The molecule has 17 heavy (non-hydrogen) atoms. The van der Waals surface area contributed by atoms with Gasteiger partial charge in [0.15, 0.2) is 5.75 Å². The predicted molar refractivity (Wildman–Crippen MR) is 62.1 cm³/mol. The van der Waals surface area contributed by atoms with Gasteiger partial charge in [0.25, 0.3) is 0 Å². The molecule has 0 unspecified atom stereocenters. The summed E-state index contributed by atoms with van der Waals surface area (Å²) < 4.78 is 29.7. The Balaban J connectivity index is 2.70. The van der Waals surface area contributed by atoms with Crippen LogP contribution in [0.4, 0.5) is 5.69 Å². The zero-order chi connectivity index (χ0) is 12.9. The van der Waals surface area contributed by atoms with Gasteiger partial charge in [-0.15, -0.1) is 0 Å². The summed E-state index contributed by atoms with van der Waals surface area (Å²) in [5.41, 5.74) is 0.189. The molecule has 7 heteroatoms. The van der Waals surface area contributed by atoms with E-state index in [1.807, 2.05) is 0 Å². The minimum atomic E-state index is -3.81. The Morgan fingerprint density at radius 3 is 2.76 bits per heavy atom. The number of hydrogen-bond donors (Lipinski definition) is 2. The SMILES string of the molecule is CCOC(=O)CS(=O)(=O)Nc1cccc(O)c1. The van der Waals surface area contributed by atoms with Crippen molar-refractivity contribution in [1.29, 1.82) is 0 Å². The first kappa shape index (κ1) is 13.3. The molecule has 1 aromatic rings. The highest BCUT2D eigenvalue weighted by Gasteiger charge is 2.17. The standard InChI is InChI=1S/C10H13NO5S/c1-2-16-10(13)7-17(14,15)11-8-4-3-5-9(12)6-8/h3-6,11-12H,2,7H2,1H3. The summed E-state index contributed by atoms with van der Waals surface area (Å²) in [6, 6.07) is 5.59. The molecule has 0 aliphatic carbocycles. The Morgan fingerprint density at radius 2 is 2.18 bits per heavy atom. The van der Waals surface area contributed by atoms with Crippen LogP contribution in [-0.4, -0.2) is 31.9 Å². The largest absolute Gasteiger partial charge is 0.508 e. The minimum absolute atomic E-state index is 0.0682. The summed E-state index contributed by atoms with van der Waals surface area (Å²) in [7, 11) is -3.81. The third-order valence-corrected chi connectivity index (χ3v) is 2.90. The van der Waals surface area contributed by atoms with Gasteiger partial charge in [-0.25, -0.2) is 8.42 Å². The van der Waals surface area contributed by atoms with Crippen molar-refractivity contribution in [2.75, 3.05) is 17.1 Å². The maximum absolute atomic E-state index is 11.5. The molecule has 0 saturated carbocycles. The Morgan fingerprint density at radius 1 is 1.47 bits per heavy atom. The number of phenolic OH excluding ortho intramolecular Hbond substituents is 1. The first-order valence-corrected chi connectivity index (χ1v) is 6.53. The molecule has 0 fully saturated rings. The molecule has 0 radical (unpaired) electrons. The number of carbonyl (C=O) groups is 1. The Hall–Kier alpha value is -1.76. The Labute approximate surface area is 99.3 Å². The lowest BCUT2D eigenvalue weighted by atomic mass is 10.3. The van der Waals surface area contributed by atoms with Gasteiger partial charge in [0.05, 0.1) is 12.3 Å². The molecule has 0 bridgehead atoms. The normalized spacial score (nSPS) is 10.9. The third kappa shape index (κ3) is 4.73. The molecule has 94 valence electrons. The summed E-state index contributed by atoms with van der Waals surface area (Å²) in [4.78, 5) is 11.0. The molecule has 1 rings (SSSR count). The average Bonchev–Trinajstić information content (AvgIpc) is 2.15. The molecule has 0 amide bonds. The number of carbonyl (C=O) groups excluding carboxylic acids is 1. The molecule has 0 saturated heterocycles. The maximum atomic E-state index is 11.5. The Bertz CT molecular complexity index is 497. The first-order chi connectivity index (χ1) is 7.93. The molecule has 6 nitrogen and oxygen atoms in total. The average molecular weight is 259 g/mol. The lowest BCUT2D eigenvalue weighted by Crippen LogP contribution is -2.24. The number of benzene rings is 1. The molecule has 0 atom stereocenters. The van der Waals surface area contributed by atoms with Crippen LogP contribution in [0.1, 0.15) is 6.92 Å². The highest BCUT2D eigenvalue weighted by atomic mass is 32.2. The van der Waals surface area contributed by atoms with Crippen molar-refractivity contribution in [1.82, 2.24) is 0 Å². The summed E-state index contributed by atoms with van der Waals surface area (Å²) >= 11 is 0. The molecule has 0 aliphatic rings. The van der Waals surface area contributed by atoms with Crippen LogP contribution in [0.5, 0.6) is 5.75 Å². The molecule has 2 N–H and O–H groups in total. The molecule has 0 aromatic heterocycles. The second-order valence-corrected chi connectivity index (χ2v) is 4.94. The van der Waals surface area contributed by atoms with E-state index in [2.05, 4.69) is 9.46 Å². The van der Waals surface area contributed by atoms with Crippen LogP contribution in [0.3, 0.4) is 0 Å². The van der Waals surface area contributed by atoms with Crippen LogP contribution in [-0.2, 0) is 19.6 Å². The predicted octanol–water partition coefficient (Wildman–Crippen LogP) is 0.697. The topological polar surface area (TPSA) is 92.7 Å². The van der Waals surface area contributed by atoms with Crippen molar-refractivity contribution in [3.05, 3.63) is 24.3 Å². The summed E-state index contributed by atoms with van der Waals surface area (Å²) in [5.74, 6) is -1.64. The molecular weight excluding hydrogens is 246 g/mol. The highest BCUT2D eigenvalue weighted by molar-refractivity contribution is 7.93. The summed E-state index contributed by atoms with van der Waals surface area (Å²) in [6.45, 7) is 1.72. The van der Waals surface area contributed by atoms with Gasteiger partial charge in [0.2, 0.25) is 10.0 Å². The van der Waals surface area contributed by atoms with Crippen LogP contribution in [0.15, 0.2) is 24.3 Å². The number of esters is 1. The van der Waals surface area contributed by atoms with Gasteiger partial charge in [-0.2, -0.15) is 0 Å².